The second kappa shape index (κ2) is 14.0. The van der Waals surface area contributed by atoms with Gasteiger partial charge in [-0.1, -0.05) is 54.6 Å². The molecule has 0 saturated carbocycles. The van der Waals surface area contributed by atoms with Crippen LogP contribution in [0.4, 0.5) is 23.2 Å². The Labute approximate surface area is 247 Å². The van der Waals surface area contributed by atoms with Gasteiger partial charge in [0.2, 0.25) is 0 Å². The molecule has 0 unspecified atom stereocenters. The molecule has 5 nitrogen and oxygen atoms in total. The second-order valence-electron chi connectivity index (χ2n) is 9.79. The highest BCUT2D eigenvalue weighted by Gasteiger charge is 2.31. The first-order chi connectivity index (χ1) is 20.6. The first-order valence-electron chi connectivity index (χ1n) is 13.8. The largest absolute Gasteiger partial charge is 0.466 e. The minimum Gasteiger partial charge on any atom is -0.466 e. The quantitative estimate of drug-likeness (QED) is 0.130. The van der Waals surface area contributed by atoms with Gasteiger partial charge in [0.05, 0.1) is 29.8 Å². The standard InChI is InChI=1S/C34H31F4NO4/c1-3-39(31-13-9-8-12-30(31)33(41)43-22-23-10-6-5-7-11-23)21-26-19-27(34(36,37)38)14-15-29(26)25-16-24(17-28(35)20-25)18-32(40)42-4-2/h5-17,19-20H,3-4,18,21-22H2,1-2H3. The number of carbonyl (C=O) groups is 2. The number of benzene rings is 4. The maximum Gasteiger partial charge on any atom is 0.416 e. The van der Waals surface area contributed by atoms with Gasteiger partial charge in [0.25, 0.3) is 0 Å². The molecule has 0 bridgehead atoms. The van der Waals surface area contributed by atoms with Gasteiger partial charge in [0.15, 0.2) is 0 Å². The van der Waals surface area contributed by atoms with E-state index >= 15 is 0 Å². The van der Waals surface area contributed by atoms with E-state index in [-0.39, 0.29) is 37.3 Å². The highest BCUT2D eigenvalue weighted by molar-refractivity contribution is 5.96. The molecule has 0 N–H and O–H groups in total. The second-order valence-corrected chi connectivity index (χ2v) is 9.79. The number of para-hydroxylation sites is 1. The van der Waals surface area contributed by atoms with E-state index in [9.17, 15) is 27.2 Å². The Morgan fingerprint density at radius 1 is 0.814 bits per heavy atom. The molecule has 4 aromatic carbocycles. The molecule has 0 radical (unpaired) electrons. The molecular formula is C34H31F4NO4. The highest BCUT2D eigenvalue weighted by atomic mass is 19.4. The summed E-state index contributed by atoms with van der Waals surface area (Å²) in [5.41, 5.74) is 1.96. The molecule has 0 heterocycles. The van der Waals surface area contributed by atoms with Crippen molar-refractivity contribution < 1.29 is 36.6 Å². The number of ether oxygens (including phenoxy) is 2. The van der Waals surface area contributed by atoms with E-state index in [1.807, 2.05) is 37.3 Å². The molecule has 0 spiro atoms. The van der Waals surface area contributed by atoms with E-state index in [2.05, 4.69) is 0 Å². The van der Waals surface area contributed by atoms with E-state index in [1.54, 1.807) is 42.2 Å². The SMILES string of the molecule is CCOC(=O)Cc1cc(F)cc(-c2ccc(C(F)(F)F)cc2CN(CC)c2ccccc2C(=O)OCc2ccccc2)c1. The molecule has 224 valence electrons. The van der Waals surface area contributed by atoms with Crippen molar-refractivity contribution >= 4 is 17.6 Å². The Morgan fingerprint density at radius 2 is 1.53 bits per heavy atom. The number of carbonyl (C=O) groups excluding carboxylic acids is 2. The van der Waals surface area contributed by atoms with E-state index in [0.29, 0.717) is 28.9 Å². The zero-order chi connectivity index (χ0) is 31.0. The normalized spacial score (nSPS) is 11.2. The summed E-state index contributed by atoms with van der Waals surface area (Å²) in [6.07, 6.45) is -4.80. The summed E-state index contributed by atoms with van der Waals surface area (Å²) in [4.78, 5) is 26.9. The van der Waals surface area contributed by atoms with Crippen molar-refractivity contribution in [1.29, 1.82) is 0 Å². The van der Waals surface area contributed by atoms with E-state index in [1.165, 1.54) is 18.2 Å². The molecule has 0 aliphatic rings. The van der Waals surface area contributed by atoms with Gasteiger partial charge < -0.3 is 14.4 Å². The molecule has 9 heteroatoms. The molecule has 0 aliphatic heterocycles. The van der Waals surface area contributed by atoms with Crippen LogP contribution in [0.1, 0.15) is 46.5 Å². The van der Waals surface area contributed by atoms with Crippen LogP contribution in [0.25, 0.3) is 11.1 Å². The number of hydrogen-bond acceptors (Lipinski definition) is 5. The van der Waals surface area contributed by atoms with Crippen LogP contribution in [-0.2, 0) is 40.0 Å². The third-order valence-corrected chi connectivity index (χ3v) is 6.78. The average molecular weight is 594 g/mol. The average Bonchev–Trinajstić information content (AvgIpc) is 2.98. The van der Waals surface area contributed by atoms with Crippen LogP contribution in [0.5, 0.6) is 0 Å². The van der Waals surface area contributed by atoms with Gasteiger partial charge in [-0.2, -0.15) is 13.2 Å². The van der Waals surface area contributed by atoms with Crippen LogP contribution in [0, 0.1) is 5.82 Å². The van der Waals surface area contributed by atoms with Crippen molar-refractivity contribution in [3.8, 4) is 11.1 Å². The molecule has 0 aliphatic carbocycles. The van der Waals surface area contributed by atoms with Crippen LogP contribution >= 0.6 is 0 Å². The number of rotatable bonds is 11. The molecule has 0 aromatic heterocycles. The molecule has 0 saturated heterocycles. The van der Waals surface area contributed by atoms with E-state index < -0.39 is 29.5 Å². The predicted molar refractivity (Wildman–Crippen MR) is 156 cm³/mol. The molecule has 43 heavy (non-hydrogen) atoms. The van der Waals surface area contributed by atoms with Gasteiger partial charge in [0, 0.05) is 13.1 Å². The minimum atomic E-state index is -4.61. The first-order valence-corrected chi connectivity index (χ1v) is 13.8. The molecule has 4 aromatic rings. The van der Waals surface area contributed by atoms with Crippen molar-refractivity contribution in [2.24, 2.45) is 0 Å². The summed E-state index contributed by atoms with van der Waals surface area (Å²) >= 11 is 0. The third-order valence-electron chi connectivity index (χ3n) is 6.78. The van der Waals surface area contributed by atoms with Crippen molar-refractivity contribution in [3.05, 3.63) is 125 Å². The zero-order valence-corrected chi connectivity index (χ0v) is 23.8. The van der Waals surface area contributed by atoms with Gasteiger partial charge in [-0.15, -0.1) is 0 Å². The van der Waals surface area contributed by atoms with Crippen LogP contribution < -0.4 is 4.90 Å². The molecule has 0 fully saturated rings. The Balaban J connectivity index is 1.70. The van der Waals surface area contributed by atoms with Gasteiger partial charge in [-0.3, -0.25) is 4.79 Å². The minimum absolute atomic E-state index is 0.0253. The fraction of sp³-hybridized carbons (Fsp3) is 0.235. The monoisotopic (exact) mass is 593 g/mol. The summed E-state index contributed by atoms with van der Waals surface area (Å²) in [5.74, 6) is -1.75. The lowest BCUT2D eigenvalue weighted by Crippen LogP contribution is -2.25. The Kier molecular flexibility index (Phi) is 10.2. The number of anilines is 1. The molecular weight excluding hydrogens is 562 g/mol. The number of hydrogen-bond donors (Lipinski definition) is 0. The fourth-order valence-electron chi connectivity index (χ4n) is 4.76. The van der Waals surface area contributed by atoms with Gasteiger partial charge in [-0.05, 0) is 78.1 Å². The van der Waals surface area contributed by atoms with Crippen LogP contribution in [0.3, 0.4) is 0 Å². The first kappa shape index (κ1) is 31.3. The molecule has 0 atom stereocenters. The lowest BCUT2D eigenvalue weighted by molar-refractivity contribution is -0.142. The predicted octanol–water partition coefficient (Wildman–Crippen LogP) is 8.00. The summed E-state index contributed by atoms with van der Waals surface area (Å²) < 4.78 is 66.6. The Hall–Kier alpha value is -4.66. The van der Waals surface area contributed by atoms with Gasteiger partial charge >= 0.3 is 18.1 Å². The number of halogens is 4. The number of esters is 2. The summed E-state index contributed by atoms with van der Waals surface area (Å²) in [5, 5.41) is 0. The van der Waals surface area contributed by atoms with Crippen molar-refractivity contribution in [2.45, 2.75) is 39.6 Å². The van der Waals surface area contributed by atoms with Gasteiger partial charge in [-0.25, -0.2) is 9.18 Å². The Bertz CT molecular complexity index is 1570. The van der Waals surface area contributed by atoms with Crippen LogP contribution in [0.15, 0.2) is 91.0 Å². The van der Waals surface area contributed by atoms with Crippen molar-refractivity contribution in [3.63, 3.8) is 0 Å². The van der Waals surface area contributed by atoms with E-state index in [0.717, 1.165) is 17.7 Å². The molecule has 0 amide bonds. The van der Waals surface area contributed by atoms with Crippen molar-refractivity contribution in [1.82, 2.24) is 0 Å². The lowest BCUT2D eigenvalue weighted by atomic mass is 9.94. The summed E-state index contributed by atoms with van der Waals surface area (Å²) in [6, 6.07) is 23.2. The van der Waals surface area contributed by atoms with Gasteiger partial charge in [0.1, 0.15) is 12.4 Å². The summed E-state index contributed by atoms with van der Waals surface area (Å²) in [7, 11) is 0. The Morgan fingerprint density at radius 3 is 2.23 bits per heavy atom. The molecule has 4 rings (SSSR count). The summed E-state index contributed by atoms with van der Waals surface area (Å²) in [6.45, 7) is 4.02. The van der Waals surface area contributed by atoms with Crippen LogP contribution in [-0.4, -0.2) is 25.1 Å². The number of alkyl halides is 3. The maximum absolute atomic E-state index is 14.7. The maximum atomic E-state index is 14.7. The fourth-order valence-corrected chi connectivity index (χ4v) is 4.76. The third kappa shape index (κ3) is 8.22. The lowest BCUT2D eigenvalue weighted by Gasteiger charge is -2.27. The number of nitrogens with zero attached hydrogens (tertiary/aromatic N) is 1. The highest BCUT2D eigenvalue weighted by Crippen LogP contribution is 2.35. The van der Waals surface area contributed by atoms with E-state index in [4.69, 9.17) is 9.47 Å². The smallest absolute Gasteiger partial charge is 0.416 e. The zero-order valence-electron chi connectivity index (χ0n) is 23.8. The topological polar surface area (TPSA) is 55.8 Å². The van der Waals surface area contributed by atoms with Crippen LogP contribution in [0.2, 0.25) is 0 Å². The van der Waals surface area contributed by atoms with Crippen molar-refractivity contribution in [2.75, 3.05) is 18.1 Å².